The number of barbiturate groups is 1. The number of ether oxygens (including phenoxy) is 3. The molecular formula is C29H27BrN2O6. The summed E-state index contributed by atoms with van der Waals surface area (Å²) in [5.41, 5.74) is 1.65. The van der Waals surface area contributed by atoms with E-state index < -0.39 is 17.8 Å². The van der Waals surface area contributed by atoms with Crippen LogP contribution in [0.15, 0.2) is 76.8 Å². The van der Waals surface area contributed by atoms with E-state index in [0.29, 0.717) is 48.3 Å². The highest BCUT2D eigenvalue weighted by Crippen LogP contribution is 2.32. The minimum absolute atomic E-state index is 0.180. The number of urea groups is 1. The Morgan fingerprint density at radius 1 is 0.895 bits per heavy atom. The number of carbonyl (C=O) groups is 3. The Balaban J connectivity index is 1.58. The van der Waals surface area contributed by atoms with Crippen LogP contribution in [0.1, 0.15) is 31.4 Å². The summed E-state index contributed by atoms with van der Waals surface area (Å²) in [6.07, 6.45) is 2.28. The van der Waals surface area contributed by atoms with Crippen molar-refractivity contribution in [2.24, 2.45) is 0 Å². The molecule has 4 amide bonds. The SMILES string of the molecule is CCCOc1ccc(N2C(=O)NC(=O)/C(=C/c3ccc(OCc4ccccc4Br)c(OCC)c3)C2=O)cc1. The van der Waals surface area contributed by atoms with Crippen LogP contribution in [0, 0.1) is 0 Å². The number of imide groups is 2. The topological polar surface area (TPSA) is 94.2 Å². The molecule has 0 bridgehead atoms. The molecule has 3 aromatic rings. The normalized spacial score (nSPS) is 14.4. The largest absolute Gasteiger partial charge is 0.494 e. The minimum atomic E-state index is -0.815. The van der Waals surface area contributed by atoms with E-state index in [9.17, 15) is 14.4 Å². The number of nitrogens with one attached hydrogen (secondary N) is 1. The van der Waals surface area contributed by atoms with E-state index in [4.69, 9.17) is 14.2 Å². The molecule has 0 saturated carbocycles. The summed E-state index contributed by atoms with van der Waals surface area (Å²) in [4.78, 5) is 39.3. The maximum absolute atomic E-state index is 13.3. The van der Waals surface area contributed by atoms with Crippen LogP contribution in [-0.4, -0.2) is 31.1 Å². The number of nitrogens with zero attached hydrogens (tertiary/aromatic N) is 1. The lowest BCUT2D eigenvalue weighted by molar-refractivity contribution is -0.122. The Bertz CT molecular complexity index is 1370. The highest BCUT2D eigenvalue weighted by Gasteiger charge is 2.36. The Morgan fingerprint density at radius 3 is 2.37 bits per heavy atom. The summed E-state index contributed by atoms with van der Waals surface area (Å²) in [6, 6.07) is 18.6. The number of carbonyl (C=O) groups excluding carboxylic acids is 3. The monoisotopic (exact) mass is 578 g/mol. The summed E-state index contributed by atoms with van der Waals surface area (Å²) in [6.45, 7) is 5.12. The number of halogens is 1. The van der Waals surface area contributed by atoms with Crippen LogP contribution < -0.4 is 24.4 Å². The van der Waals surface area contributed by atoms with Gasteiger partial charge in [-0.2, -0.15) is 0 Å². The maximum atomic E-state index is 13.3. The van der Waals surface area contributed by atoms with Crippen molar-refractivity contribution in [2.75, 3.05) is 18.1 Å². The highest BCUT2D eigenvalue weighted by molar-refractivity contribution is 9.10. The van der Waals surface area contributed by atoms with E-state index in [1.807, 2.05) is 38.1 Å². The quantitative estimate of drug-likeness (QED) is 0.238. The van der Waals surface area contributed by atoms with Crippen LogP contribution in [0.25, 0.3) is 6.08 Å². The highest BCUT2D eigenvalue weighted by atomic mass is 79.9. The third-order valence-electron chi connectivity index (χ3n) is 5.59. The molecule has 0 aliphatic carbocycles. The third-order valence-corrected chi connectivity index (χ3v) is 6.36. The zero-order valence-electron chi connectivity index (χ0n) is 21.0. The standard InChI is InChI=1S/C29H27BrN2O6/c1-3-15-37-22-12-10-21(11-13-22)32-28(34)23(27(33)31-29(32)35)16-19-9-14-25(26(17-19)36-4-2)38-18-20-7-5-6-8-24(20)30/h5-14,16-17H,3-4,15,18H2,1-2H3,(H,31,33,35)/b23-16-. The molecule has 4 rings (SSSR count). The number of amides is 4. The zero-order chi connectivity index (χ0) is 27.1. The number of benzene rings is 3. The molecule has 1 N–H and O–H groups in total. The molecule has 9 heteroatoms. The number of anilines is 1. The van der Waals surface area contributed by atoms with Gasteiger partial charge >= 0.3 is 6.03 Å². The molecule has 1 aliphatic heterocycles. The third kappa shape index (κ3) is 6.23. The van der Waals surface area contributed by atoms with Gasteiger partial charge in [0.05, 0.1) is 18.9 Å². The van der Waals surface area contributed by atoms with Crippen molar-refractivity contribution in [1.29, 1.82) is 0 Å². The minimum Gasteiger partial charge on any atom is -0.494 e. The van der Waals surface area contributed by atoms with Crippen molar-refractivity contribution in [3.8, 4) is 17.2 Å². The van der Waals surface area contributed by atoms with Crippen LogP contribution in [0.3, 0.4) is 0 Å². The van der Waals surface area contributed by atoms with Gasteiger partial charge in [0.2, 0.25) is 0 Å². The molecule has 1 fully saturated rings. The van der Waals surface area contributed by atoms with Crippen LogP contribution in [0.2, 0.25) is 0 Å². The fourth-order valence-electron chi connectivity index (χ4n) is 3.74. The lowest BCUT2D eigenvalue weighted by Gasteiger charge is -2.26. The second-order valence-electron chi connectivity index (χ2n) is 8.32. The average Bonchev–Trinajstić information content (AvgIpc) is 2.91. The van der Waals surface area contributed by atoms with Crippen LogP contribution >= 0.6 is 15.9 Å². The molecule has 1 heterocycles. The van der Waals surface area contributed by atoms with Crippen LogP contribution in [-0.2, 0) is 16.2 Å². The summed E-state index contributed by atoms with van der Waals surface area (Å²) >= 11 is 3.51. The number of hydrogen-bond acceptors (Lipinski definition) is 6. The van der Waals surface area contributed by atoms with Crippen molar-refractivity contribution in [3.63, 3.8) is 0 Å². The lowest BCUT2D eigenvalue weighted by atomic mass is 10.1. The molecule has 0 unspecified atom stereocenters. The first-order chi connectivity index (χ1) is 18.4. The second-order valence-corrected chi connectivity index (χ2v) is 9.17. The van der Waals surface area contributed by atoms with Gasteiger partial charge in [-0.05, 0) is 67.4 Å². The smallest absolute Gasteiger partial charge is 0.335 e. The summed E-state index contributed by atoms with van der Waals surface area (Å²) in [5.74, 6) is 0.108. The summed E-state index contributed by atoms with van der Waals surface area (Å²) in [7, 11) is 0. The van der Waals surface area contributed by atoms with Crippen molar-refractivity contribution < 1.29 is 28.6 Å². The van der Waals surface area contributed by atoms with Crippen LogP contribution in [0.4, 0.5) is 10.5 Å². The molecule has 8 nitrogen and oxygen atoms in total. The molecule has 3 aromatic carbocycles. The van der Waals surface area contributed by atoms with Gasteiger partial charge in [-0.25, -0.2) is 9.69 Å². The molecule has 0 spiro atoms. The van der Waals surface area contributed by atoms with Gasteiger partial charge in [-0.1, -0.05) is 47.1 Å². The van der Waals surface area contributed by atoms with E-state index in [2.05, 4.69) is 21.2 Å². The first-order valence-electron chi connectivity index (χ1n) is 12.2. The predicted octanol–water partition coefficient (Wildman–Crippen LogP) is 5.88. The molecular weight excluding hydrogens is 552 g/mol. The van der Waals surface area contributed by atoms with Gasteiger partial charge in [-0.3, -0.25) is 14.9 Å². The number of rotatable bonds is 10. The Morgan fingerprint density at radius 2 is 1.66 bits per heavy atom. The first-order valence-corrected chi connectivity index (χ1v) is 13.0. The van der Waals surface area contributed by atoms with Crippen LogP contribution in [0.5, 0.6) is 17.2 Å². The van der Waals surface area contributed by atoms with Gasteiger partial charge < -0.3 is 14.2 Å². The van der Waals surface area contributed by atoms with Crippen molar-refractivity contribution >= 4 is 45.5 Å². The zero-order valence-corrected chi connectivity index (χ0v) is 22.6. The first kappa shape index (κ1) is 26.9. The molecule has 38 heavy (non-hydrogen) atoms. The molecule has 1 saturated heterocycles. The molecule has 0 aromatic heterocycles. The van der Waals surface area contributed by atoms with E-state index in [-0.39, 0.29) is 5.57 Å². The van der Waals surface area contributed by atoms with Gasteiger partial charge in [0.15, 0.2) is 11.5 Å². The molecule has 196 valence electrons. The van der Waals surface area contributed by atoms with E-state index in [0.717, 1.165) is 21.4 Å². The van der Waals surface area contributed by atoms with Gasteiger partial charge in [0.1, 0.15) is 17.9 Å². The molecule has 0 radical (unpaired) electrons. The molecule has 1 aliphatic rings. The van der Waals surface area contributed by atoms with E-state index in [1.165, 1.54) is 6.08 Å². The Hall–Kier alpha value is -4.11. The van der Waals surface area contributed by atoms with Gasteiger partial charge in [0, 0.05) is 10.0 Å². The van der Waals surface area contributed by atoms with Crippen molar-refractivity contribution in [3.05, 3.63) is 87.9 Å². The van der Waals surface area contributed by atoms with E-state index in [1.54, 1.807) is 42.5 Å². The average molecular weight is 579 g/mol. The maximum Gasteiger partial charge on any atom is 0.335 e. The van der Waals surface area contributed by atoms with Crippen molar-refractivity contribution in [1.82, 2.24) is 5.32 Å². The fourth-order valence-corrected chi connectivity index (χ4v) is 4.14. The predicted molar refractivity (Wildman–Crippen MR) is 147 cm³/mol. The van der Waals surface area contributed by atoms with Crippen molar-refractivity contribution in [2.45, 2.75) is 26.9 Å². The fraction of sp³-hybridized carbons (Fsp3) is 0.207. The second kappa shape index (κ2) is 12.4. The summed E-state index contributed by atoms with van der Waals surface area (Å²) in [5, 5.41) is 2.24. The van der Waals surface area contributed by atoms with Gasteiger partial charge in [0.25, 0.3) is 11.8 Å². The number of hydrogen-bond donors (Lipinski definition) is 1. The van der Waals surface area contributed by atoms with Gasteiger partial charge in [-0.15, -0.1) is 0 Å². The summed E-state index contributed by atoms with van der Waals surface area (Å²) < 4.78 is 18.2. The Kier molecular flexibility index (Phi) is 8.81. The van der Waals surface area contributed by atoms with E-state index >= 15 is 0 Å². The molecule has 0 atom stereocenters. The lowest BCUT2D eigenvalue weighted by Crippen LogP contribution is -2.54. The Labute approximate surface area is 229 Å².